The van der Waals surface area contributed by atoms with Crippen LogP contribution in [0.3, 0.4) is 0 Å². The monoisotopic (exact) mass is 477 g/mol. The second kappa shape index (κ2) is 9.38. The standard InChI is InChI=1S/C24H29Cl2N3O3/c1-29-11-10-24(15-4-7-20(31-2)21(12-15)32-3)9-8-17(14-22(24)29)28-23(30)27-16-5-6-18(25)19(26)13-16/h4-7,12-13,17,22H,8-11,14H2,1-3H3,(H2,27,28,30). The number of amides is 2. The first-order valence-corrected chi connectivity index (χ1v) is 11.6. The van der Waals surface area contributed by atoms with Gasteiger partial charge in [0.1, 0.15) is 0 Å². The van der Waals surface area contributed by atoms with Crippen molar-refractivity contribution in [2.24, 2.45) is 0 Å². The molecule has 1 saturated heterocycles. The molecule has 1 saturated carbocycles. The predicted octanol–water partition coefficient (Wildman–Crippen LogP) is 5.33. The van der Waals surface area contributed by atoms with E-state index in [1.807, 2.05) is 6.07 Å². The number of carbonyl (C=O) groups excluding carboxylic acids is 1. The van der Waals surface area contributed by atoms with Gasteiger partial charge in [0.25, 0.3) is 0 Å². The summed E-state index contributed by atoms with van der Waals surface area (Å²) < 4.78 is 11.0. The third-order valence-electron chi connectivity index (χ3n) is 7.00. The lowest BCUT2D eigenvalue weighted by molar-refractivity contribution is 0.156. The summed E-state index contributed by atoms with van der Waals surface area (Å²) in [6.45, 7) is 1.03. The average molecular weight is 478 g/mol. The van der Waals surface area contributed by atoms with Crippen LogP contribution < -0.4 is 20.1 Å². The minimum Gasteiger partial charge on any atom is -0.493 e. The van der Waals surface area contributed by atoms with Gasteiger partial charge in [-0.15, -0.1) is 0 Å². The molecule has 4 rings (SSSR count). The molecule has 2 aliphatic rings. The Bertz CT molecular complexity index is 1000. The number of fused-ring (bicyclic) bond motifs is 1. The molecule has 8 heteroatoms. The smallest absolute Gasteiger partial charge is 0.319 e. The van der Waals surface area contributed by atoms with Gasteiger partial charge in [0.15, 0.2) is 11.5 Å². The van der Waals surface area contributed by atoms with Gasteiger partial charge in [-0.1, -0.05) is 29.3 Å². The summed E-state index contributed by atoms with van der Waals surface area (Å²) >= 11 is 12.0. The highest BCUT2D eigenvalue weighted by atomic mass is 35.5. The number of methoxy groups -OCH3 is 2. The Morgan fingerprint density at radius 3 is 2.56 bits per heavy atom. The number of likely N-dealkylation sites (N-methyl/N-ethyl adjacent to an activating group) is 1. The average Bonchev–Trinajstić information content (AvgIpc) is 3.13. The highest BCUT2D eigenvalue weighted by Gasteiger charge is 2.50. The first-order valence-electron chi connectivity index (χ1n) is 10.8. The van der Waals surface area contributed by atoms with E-state index < -0.39 is 0 Å². The highest BCUT2D eigenvalue weighted by molar-refractivity contribution is 6.42. The molecule has 172 valence electrons. The molecule has 0 radical (unpaired) electrons. The van der Waals surface area contributed by atoms with E-state index in [0.29, 0.717) is 21.8 Å². The van der Waals surface area contributed by atoms with Gasteiger partial charge >= 0.3 is 6.03 Å². The van der Waals surface area contributed by atoms with Gasteiger partial charge in [0.2, 0.25) is 0 Å². The van der Waals surface area contributed by atoms with E-state index in [9.17, 15) is 4.79 Å². The summed E-state index contributed by atoms with van der Waals surface area (Å²) in [6.07, 6.45) is 3.88. The Labute approximate surface area is 199 Å². The molecule has 2 fully saturated rings. The Kier molecular flexibility index (Phi) is 6.75. The van der Waals surface area contributed by atoms with Crippen molar-refractivity contribution in [3.05, 3.63) is 52.0 Å². The maximum atomic E-state index is 12.6. The van der Waals surface area contributed by atoms with Crippen LogP contribution >= 0.6 is 23.2 Å². The van der Waals surface area contributed by atoms with E-state index in [1.54, 1.807) is 32.4 Å². The summed E-state index contributed by atoms with van der Waals surface area (Å²) in [6, 6.07) is 11.5. The Morgan fingerprint density at radius 2 is 1.84 bits per heavy atom. The predicted molar refractivity (Wildman–Crippen MR) is 129 cm³/mol. The van der Waals surface area contributed by atoms with Crippen molar-refractivity contribution in [3.63, 3.8) is 0 Å². The van der Waals surface area contributed by atoms with E-state index in [4.69, 9.17) is 32.7 Å². The second-order valence-electron chi connectivity index (χ2n) is 8.67. The van der Waals surface area contributed by atoms with Gasteiger partial charge in [-0.05, 0) is 75.2 Å². The minimum absolute atomic E-state index is 0.0483. The van der Waals surface area contributed by atoms with Crippen LogP contribution in [-0.4, -0.2) is 50.8 Å². The fourth-order valence-corrected chi connectivity index (χ4v) is 5.62. The summed E-state index contributed by atoms with van der Waals surface area (Å²) in [5, 5.41) is 6.88. The molecular weight excluding hydrogens is 449 g/mol. The van der Waals surface area contributed by atoms with Gasteiger partial charge in [-0.3, -0.25) is 0 Å². The molecule has 1 aliphatic heterocycles. The molecule has 0 bridgehead atoms. The lowest BCUT2D eigenvalue weighted by Gasteiger charge is -2.45. The van der Waals surface area contributed by atoms with Gasteiger partial charge in [0, 0.05) is 23.2 Å². The first-order chi connectivity index (χ1) is 15.4. The van der Waals surface area contributed by atoms with Crippen LogP contribution in [0.4, 0.5) is 10.5 Å². The Balaban J connectivity index is 1.47. The quantitative estimate of drug-likeness (QED) is 0.610. The van der Waals surface area contributed by atoms with E-state index in [0.717, 1.165) is 43.7 Å². The number of likely N-dealkylation sites (tertiary alicyclic amines) is 1. The number of anilines is 1. The summed E-state index contributed by atoms with van der Waals surface area (Å²) in [7, 11) is 5.50. The number of urea groups is 1. The van der Waals surface area contributed by atoms with E-state index in [-0.39, 0.29) is 17.5 Å². The largest absolute Gasteiger partial charge is 0.493 e. The molecule has 2 amide bonds. The van der Waals surface area contributed by atoms with Crippen molar-refractivity contribution in [1.29, 1.82) is 0 Å². The number of rotatable bonds is 5. The minimum atomic E-state index is -0.229. The molecule has 6 nitrogen and oxygen atoms in total. The van der Waals surface area contributed by atoms with Crippen molar-refractivity contribution in [2.75, 3.05) is 33.1 Å². The van der Waals surface area contributed by atoms with Gasteiger partial charge in [-0.25, -0.2) is 4.79 Å². The molecule has 0 aromatic heterocycles. The molecule has 2 aromatic carbocycles. The second-order valence-corrected chi connectivity index (χ2v) is 9.49. The molecule has 32 heavy (non-hydrogen) atoms. The van der Waals surface area contributed by atoms with E-state index in [2.05, 4.69) is 34.7 Å². The first kappa shape index (κ1) is 23.0. The highest BCUT2D eigenvalue weighted by Crippen LogP contribution is 2.49. The van der Waals surface area contributed by atoms with Crippen molar-refractivity contribution in [3.8, 4) is 11.5 Å². The lowest BCUT2D eigenvalue weighted by Crippen LogP contribution is -2.52. The molecule has 2 aromatic rings. The number of benzene rings is 2. The fraction of sp³-hybridized carbons (Fsp3) is 0.458. The summed E-state index contributed by atoms with van der Waals surface area (Å²) in [4.78, 5) is 15.0. The zero-order chi connectivity index (χ0) is 22.9. The zero-order valence-corrected chi connectivity index (χ0v) is 20.1. The molecule has 0 spiro atoms. The van der Waals surface area contributed by atoms with Crippen LogP contribution in [-0.2, 0) is 5.41 Å². The molecular formula is C24H29Cl2N3O3. The lowest BCUT2D eigenvalue weighted by atomic mass is 9.65. The van der Waals surface area contributed by atoms with Crippen LogP contribution in [0.2, 0.25) is 10.0 Å². The van der Waals surface area contributed by atoms with Gasteiger partial charge in [-0.2, -0.15) is 0 Å². The SMILES string of the molecule is COc1ccc(C23CCC(NC(=O)Nc4ccc(Cl)c(Cl)c4)CC2N(C)CC3)cc1OC. The topological polar surface area (TPSA) is 62.8 Å². The molecule has 1 heterocycles. The van der Waals surface area contributed by atoms with Crippen molar-refractivity contribution in [2.45, 2.75) is 43.2 Å². The molecule has 3 unspecified atom stereocenters. The maximum Gasteiger partial charge on any atom is 0.319 e. The number of hydrogen-bond acceptors (Lipinski definition) is 4. The van der Waals surface area contributed by atoms with Crippen molar-refractivity contribution >= 4 is 34.9 Å². The Morgan fingerprint density at radius 1 is 1.06 bits per heavy atom. The van der Waals surface area contributed by atoms with Crippen molar-refractivity contribution < 1.29 is 14.3 Å². The van der Waals surface area contributed by atoms with E-state index in [1.165, 1.54) is 5.56 Å². The zero-order valence-electron chi connectivity index (χ0n) is 18.6. The van der Waals surface area contributed by atoms with Crippen LogP contribution in [0.1, 0.15) is 31.2 Å². The summed E-state index contributed by atoms with van der Waals surface area (Å²) in [5.74, 6) is 1.50. The van der Waals surface area contributed by atoms with Gasteiger partial charge in [0.05, 0.1) is 24.3 Å². The Hall–Kier alpha value is -2.15. The van der Waals surface area contributed by atoms with Crippen LogP contribution in [0.25, 0.3) is 0 Å². The van der Waals surface area contributed by atoms with Gasteiger partial charge < -0.3 is 25.0 Å². The van der Waals surface area contributed by atoms with Crippen LogP contribution in [0.15, 0.2) is 36.4 Å². The number of halogens is 2. The number of nitrogens with zero attached hydrogens (tertiary/aromatic N) is 1. The third kappa shape index (κ3) is 4.36. The van der Waals surface area contributed by atoms with Crippen LogP contribution in [0.5, 0.6) is 11.5 Å². The number of ether oxygens (including phenoxy) is 2. The normalized spacial score (nSPS) is 25.2. The third-order valence-corrected chi connectivity index (χ3v) is 7.74. The fourth-order valence-electron chi connectivity index (χ4n) is 5.32. The molecule has 3 atom stereocenters. The van der Waals surface area contributed by atoms with Crippen LogP contribution in [0, 0.1) is 0 Å². The maximum absolute atomic E-state index is 12.6. The summed E-state index contributed by atoms with van der Waals surface area (Å²) in [5.41, 5.74) is 1.95. The number of carbonyl (C=O) groups is 1. The number of hydrogen-bond donors (Lipinski definition) is 2. The van der Waals surface area contributed by atoms with E-state index >= 15 is 0 Å². The molecule has 1 aliphatic carbocycles. The number of nitrogens with one attached hydrogen (secondary N) is 2. The van der Waals surface area contributed by atoms with Crippen molar-refractivity contribution in [1.82, 2.24) is 10.2 Å². The molecule has 2 N–H and O–H groups in total.